The van der Waals surface area contributed by atoms with E-state index in [-0.39, 0.29) is 25.1 Å². The fourth-order valence-electron chi connectivity index (χ4n) is 4.01. The molecule has 2 rings (SSSR count). The summed E-state index contributed by atoms with van der Waals surface area (Å²) in [7, 11) is 0. The number of aliphatic hydroxyl groups is 1. The van der Waals surface area contributed by atoms with Crippen LogP contribution >= 0.6 is 0 Å². The van der Waals surface area contributed by atoms with E-state index in [4.69, 9.17) is 14.3 Å². The molecule has 1 aliphatic rings. The van der Waals surface area contributed by atoms with Crippen molar-refractivity contribution in [2.75, 3.05) is 18.5 Å². The van der Waals surface area contributed by atoms with Crippen molar-refractivity contribution in [2.24, 2.45) is 15.1 Å². The topological polar surface area (TPSA) is 114 Å². The highest BCUT2D eigenvalue weighted by molar-refractivity contribution is 6.13. The van der Waals surface area contributed by atoms with E-state index in [1.165, 1.54) is 11.8 Å². The Morgan fingerprint density at radius 3 is 2.62 bits per heavy atom. The van der Waals surface area contributed by atoms with Gasteiger partial charge in [-0.1, -0.05) is 50.7 Å². The fraction of sp³-hybridized carbons (Fsp3) is 0.429. The summed E-state index contributed by atoms with van der Waals surface area (Å²) in [4.78, 5) is 26.6. The zero-order valence-electron chi connectivity index (χ0n) is 22.2. The molecule has 1 heterocycles. The van der Waals surface area contributed by atoms with E-state index in [0.29, 0.717) is 25.0 Å². The van der Waals surface area contributed by atoms with Gasteiger partial charge < -0.3 is 24.7 Å². The van der Waals surface area contributed by atoms with Crippen LogP contribution in [0.25, 0.3) is 0 Å². The summed E-state index contributed by atoms with van der Waals surface area (Å²) in [6.45, 7) is 15.0. The predicted octanol–water partition coefficient (Wildman–Crippen LogP) is 5.43. The number of ether oxygens (including phenoxy) is 2. The first-order valence-electron chi connectivity index (χ1n) is 12.6. The van der Waals surface area contributed by atoms with Gasteiger partial charge in [0.1, 0.15) is 18.5 Å². The second kappa shape index (κ2) is 14.6. The number of rotatable bonds is 14. The van der Waals surface area contributed by atoms with E-state index in [0.717, 1.165) is 29.7 Å². The molecule has 0 aliphatic carbocycles. The summed E-state index contributed by atoms with van der Waals surface area (Å²) >= 11 is 0. The largest absolute Gasteiger partial charge is 0.493 e. The predicted molar refractivity (Wildman–Crippen MR) is 148 cm³/mol. The Hall–Kier alpha value is -3.88. The second-order valence-electron chi connectivity index (χ2n) is 8.11. The van der Waals surface area contributed by atoms with Crippen molar-refractivity contribution in [1.82, 2.24) is 0 Å². The molecule has 9 nitrogen and oxygen atoms in total. The highest BCUT2D eigenvalue weighted by Crippen LogP contribution is 2.31. The number of aryl methyl sites for hydroxylation is 1. The monoisotopic (exact) mass is 510 g/mol. The van der Waals surface area contributed by atoms with E-state index < -0.39 is 11.6 Å². The molecule has 1 unspecified atom stereocenters. The lowest BCUT2D eigenvalue weighted by atomic mass is 9.95. The van der Waals surface area contributed by atoms with E-state index in [2.05, 4.69) is 53.5 Å². The second-order valence-corrected chi connectivity index (χ2v) is 8.11. The third kappa shape index (κ3) is 7.31. The third-order valence-electron chi connectivity index (χ3n) is 5.82. The van der Waals surface area contributed by atoms with Crippen LogP contribution in [-0.4, -0.2) is 47.8 Å². The van der Waals surface area contributed by atoms with Crippen LogP contribution in [0.1, 0.15) is 57.2 Å². The summed E-state index contributed by atoms with van der Waals surface area (Å²) in [6.07, 6.45) is 9.07. The maximum Gasteiger partial charge on any atom is 0.358 e. The van der Waals surface area contributed by atoms with Gasteiger partial charge in [-0.15, -0.1) is 6.58 Å². The zero-order valence-corrected chi connectivity index (χ0v) is 22.2. The Morgan fingerprint density at radius 2 is 2.00 bits per heavy atom. The summed E-state index contributed by atoms with van der Waals surface area (Å²) in [5.74, 6) is -0.667. The van der Waals surface area contributed by atoms with Gasteiger partial charge in [-0.2, -0.15) is 0 Å². The highest BCUT2D eigenvalue weighted by atomic mass is 16.6. The number of nitrogens with one attached hydrogen (secondary N) is 1. The van der Waals surface area contributed by atoms with E-state index >= 15 is 0 Å². The number of hydrogen-bond donors (Lipinski definition) is 2. The number of oxime groups is 1. The first-order chi connectivity index (χ1) is 17.9. The number of hydrogen-bond acceptors (Lipinski definition) is 9. The van der Waals surface area contributed by atoms with Gasteiger partial charge in [-0.25, -0.2) is 14.8 Å². The molecular weight excluding hydrogens is 472 g/mol. The lowest BCUT2D eigenvalue weighted by Crippen LogP contribution is -2.51. The molecule has 1 atom stereocenters. The van der Waals surface area contributed by atoms with Crippen molar-refractivity contribution in [2.45, 2.75) is 65.4 Å². The number of anilines is 1. The lowest BCUT2D eigenvalue weighted by Gasteiger charge is -2.27. The number of aliphatic hydroxyl groups excluding tert-OH is 1. The summed E-state index contributed by atoms with van der Waals surface area (Å²) in [5, 5.41) is 17.5. The molecule has 0 radical (unpaired) electrons. The minimum atomic E-state index is -1.54. The van der Waals surface area contributed by atoms with Crippen molar-refractivity contribution >= 4 is 29.6 Å². The average molecular weight is 511 g/mol. The van der Waals surface area contributed by atoms with Gasteiger partial charge >= 0.3 is 5.97 Å². The summed E-state index contributed by atoms with van der Waals surface area (Å²) in [5.41, 5.74) is 2.81. The molecule has 37 heavy (non-hydrogen) atoms. The Balaban J connectivity index is 2.44. The van der Waals surface area contributed by atoms with E-state index in [9.17, 15) is 9.90 Å². The van der Waals surface area contributed by atoms with Crippen LogP contribution in [0.5, 0.6) is 0 Å². The molecular formula is C28H38N4O5. The third-order valence-corrected chi connectivity index (χ3v) is 5.82. The van der Waals surface area contributed by atoms with Gasteiger partial charge in [-0.3, -0.25) is 0 Å². The number of esters is 1. The van der Waals surface area contributed by atoms with Gasteiger partial charge in [0.05, 0.1) is 6.61 Å². The summed E-state index contributed by atoms with van der Waals surface area (Å²) in [6, 6.07) is 4.26. The van der Waals surface area contributed by atoms with Crippen LogP contribution < -0.4 is 5.32 Å². The molecule has 0 saturated heterocycles. The van der Waals surface area contributed by atoms with Gasteiger partial charge in [0, 0.05) is 18.3 Å². The van der Waals surface area contributed by atoms with Crippen molar-refractivity contribution in [3.05, 3.63) is 66.3 Å². The molecule has 1 aromatic carbocycles. The first-order valence-corrected chi connectivity index (χ1v) is 12.6. The van der Waals surface area contributed by atoms with Crippen LogP contribution in [0.2, 0.25) is 0 Å². The number of aliphatic imine (C=N–C) groups is 2. The van der Waals surface area contributed by atoms with Gasteiger partial charge in [-0.05, 0) is 55.4 Å². The normalized spacial score (nSPS) is 17.8. The van der Waals surface area contributed by atoms with Gasteiger partial charge in [0.2, 0.25) is 5.88 Å². The highest BCUT2D eigenvalue weighted by Gasteiger charge is 2.52. The Morgan fingerprint density at radius 1 is 1.24 bits per heavy atom. The summed E-state index contributed by atoms with van der Waals surface area (Å²) < 4.78 is 11.5. The maximum atomic E-state index is 13.0. The van der Waals surface area contributed by atoms with Crippen molar-refractivity contribution in [3.63, 3.8) is 0 Å². The maximum absolute atomic E-state index is 13.0. The zero-order chi connectivity index (χ0) is 27.3. The lowest BCUT2D eigenvalue weighted by molar-refractivity contribution is -0.155. The molecule has 0 aromatic heterocycles. The smallest absolute Gasteiger partial charge is 0.358 e. The molecule has 0 bridgehead atoms. The quantitative estimate of drug-likeness (QED) is 0.113. The van der Waals surface area contributed by atoms with Crippen LogP contribution in [0.4, 0.5) is 5.69 Å². The van der Waals surface area contributed by atoms with Crippen molar-refractivity contribution in [3.8, 4) is 0 Å². The molecule has 0 saturated carbocycles. The molecule has 9 heteroatoms. The SMILES string of the molecule is C=CC/C=N\C(O)=C/Cc1ccc(CC)c(CC)c1NC1=NCC(C(=O)OCC)(/C(CC)=N/OC=C)O1. The Bertz CT molecular complexity index is 1090. The number of benzene rings is 1. The number of allylic oxidation sites excluding steroid dienone is 2. The molecule has 2 N–H and O–H groups in total. The molecule has 1 aromatic rings. The van der Waals surface area contributed by atoms with Crippen LogP contribution in [0.3, 0.4) is 0 Å². The fourth-order valence-corrected chi connectivity index (χ4v) is 4.01. The molecule has 1 aliphatic heterocycles. The molecule has 200 valence electrons. The Labute approximate surface area is 219 Å². The van der Waals surface area contributed by atoms with Crippen molar-refractivity contribution < 1.29 is 24.2 Å². The molecule has 0 amide bonds. The van der Waals surface area contributed by atoms with Crippen LogP contribution in [-0.2, 0) is 38.4 Å². The number of carbonyl (C=O) groups is 1. The number of amidine groups is 1. The molecule has 0 spiro atoms. The van der Waals surface area contributed by atoms with Gasteiger partial charge in [0.25, 0.3) is 11.6 Å². The standard InChI is InChI=1S/C28H38N4O5/c1-7-13-18-29-24(33)17-16-21-15-14-20(8-2)22(9-3)25(21)31-27-30-19-28(37-27,26(34)35-11-5)23(10-4)32-36-12-6/h7,12,14-15,17-18,33H,1,6,8-11,13,16,19H2,2-5H3,(H,30,31)/b24-17+,29-18-,32-23+. The van der Waals surface area contributed by atoms with E-state index in [1.807, 2.05) is 13.0 Å². The minimum absolute atomic E-state index is 0.00961. The van der Waals surface area contributed by atoms with Crippen LogP contribution in [0.15, 0.2) is 64.7 Å². The Kier molecular flexibility index (Phi) is 11.6. The number of carbonyl (C=O) groups excluding carboxylic acids is 1. The molecule has 0 fully saturated rings. The average Bonchev–Trinajstić information content (AvgIpc) is 3.33. The van der Waals surface area contributed by atoms with Gasteiger partial charge in [0.15, 0.2) is 0 Å². The van der Waals surface area contributed by atoms with Crippen LogP contribution in [0, 0.1) is 0 Å². The van der Waals surface area contributed by atoms with E-state index in [1.54, 1.807) is 25.3 Å². The van der Waals surface area contributed by atoms with Crippen molar-refractivity contribution in [1.29, 1.82) is 0 Å². The minimum Gasteiger partial charge on any atom is -0.493 e. The first kappa shape index (κ1) is 29.4. The number of nitrogens with zero attached hydrogens (tertiary/aromatic N) is 3.